The summed E-state index contributed by atoms with van der Waals surface area (Å²) in [4.78, 5) is 0. The molecule has 0 saturated heterocycles. The molecule has 2 rings (SSSR count). The Morgan fingerprint density at radius 1 is 1.64 bits per heavy atom. The largest absolute Gasteiger partial charge is 0.485 e. The number of fused-ring (bicyclic) bond motifs is 1. The minimum Gasteiger partial charge on any atom is -0.485 e. The molecule has 57 valence electrons. The molecule has 0 bridgehead atoms. The van der Waals surface area contributed by atoms with E-state index in [1.165, 1.54) is 5.57 Å². The molecule has 11 heavy (non-hydrogen) atoms. The van der Waals surface area contributed by atoms with Crippen molar-refractivity contribution < 1.29 is 4.74 Å². The van der Waals surface area contributed by atoms with E-state index < -0.39 is 0 Å². The molecule has 1 unspecified atom stereocenters. The van der Waals surface area contributed by atoms with Gasteiger partial charge in [-0.15, -0.1) is 0 Å². The summed E-state index contributed by atoms with van der Waals surface area (Å²) in [5.74, 6) is 1.02. The molecule has 1 atom stereocenters. The first-order valence-corrected chi connectivity index (χ1v) is 4.08. The minimum absolute atomic E-state index is 0.191. The molecule has 1 aliphatic heterocycles. The van der Waals surface area contributed by atoms with Crippen LogP contribution in [0.3, 0.4) is 0 Å². The maximum atomic E-state index is 5.58. The summed E-state index contributed by atoms with van der Waals surface area (Å²) in [6.07, 6.45) is 11.7. The highest BCUT2D eigenvalue weighted by molar-refractivity contribution is 5.38. The van der Waals surface area contributed by atoms with Gasteiger partial charge in [-0.2, -0.15) is 0 Å². The Morgan fingerprint density at radius 3 is 3.27 bits per heavy atom. The molecular weight excluding hydrogens is 136 g/mol. The van der Waals surface area contributed by atoms with Crippen LogP contribution in [-0.2, 0) is 4.74 Å². The van der Waals surface area contributed by atoms with Gasteiger partial charge in [0.05, 0.1) is 0 Å². The van der Waals surface area contributed by atoms with Gasteiger partial charge >= 0.3 is 0 Å². The van der Waals surface area contributed by atoms with E-state index in [2.05, 4.69) is 25.2 Å². The molecule has 0 aromatic heterocycles. The fraction of sp³-hybridized carbons (Fsp3) is 0.400. The fourth-order valence-electron chi connectivity index (χ4n) is 1.37. The summed E-state index contributed by atoms with van der Waals surface area (Å²) in [5, 5.41) is 0. The van der Waals surface area contributed by atoms with E-state index in [0.29, 0.717) is 0 Å². The van der Waals surface area contributed by atoms with Crippen LogP contribution in [0.5, 0.6) is 0 Å². The Hall–Kier alpha value is -0.980. The van der Waals surface area contributed by atoms with E-state index in [9.17, 15) is 0 Å². The first-order valence-electron chi connectivity index (χ1n) is 4.08. The number of ether oxygens (including phenoxy) is 1. The van der Waals surface area contributed by atoms with Gasteiger partial charge in [-0.25, -0.2) is 0 Å². The first-order chi connectivity index (χ1) is 5.40. The van der Waals surface area contributed by atoms with Crippen LogP contribution < -0.4 is 0 Å². The van der Waals surface area contributed by atoms with Crippen molar-refractivity contribution in [2.24, 2.45) is 0 Å². The van der Waals surface area contributed by atoms with Crippen LogP contribution in [0, 0.1) is 6.08 Å². The van der Waals surface area contributed by atoms with Crippen molar-refractivity contribution in [3.05, 3.63) is 35.6 Å². The molecule has 0 aromatic rings. The maximum absolute atomic E-state index is 5.58. The Kier molecular flexibility index (Phi) is 1.57. The molecule has 1 heterocycles. The van der Waals surface area contributed by atoms with Crippen LogP contribution in [0.15, 0.2) is 29.6 Å². The zero-order valence-electron chi connectivity index (χ0n) is 6.63. The van der Waals surface area contributed by atoms with Crippen molar-refractivity contribution in [1.29, 1.82) is 0 Å². The molecule has 1 aliphatic carbocycles. The van der Waals surface area contributed by atoms with Crippen LogP contribution in [0.2, 0.25) is 0 Å². The zero-order chi connectivity index (χ0) is 7.68. The van der Waals surface area contributed by atoms with Crippen LogP contribution in [0.4, 0.5) is 0 Å². The Labute approximate surface area is 67.1 Å². The number of hydrogen-bond donors (Lipinski definition) is 0. The Bertz CT molecular complexity index is 246. The normalized spacial score (nSPS) is 26.1. The number of allylic oxidation sites excluding steroid dienone is 3. The van der Waals surface area contributed by atoms with Crippen LogP contribution in [-0.4, -0.2) is 6.10 Å². The predicted molar refractivity (Wildman–Crippen MR) is 43.8 cm³/mol. The molecule has 0 spiro atoms. The molecule has 1 nitrogen and oxygen atoms in total. The van der Waals surface area contributed by atoms with Crippen molar-refractivity contribution in [3.63, 3.8) is 0 Å². The van der Waals surface area contributed by atoms with E-state index in [4.69, 9.17) is 4.74 Å². The van der Waals surface area contributed by atoms with Gasteiger partial charge in [0, 0.05) is 18.1 Å². The van der Waals surface area contributed by atoms with E-state index in [1.54, 1.807) is 0 Å². The highest BCUT2D eigenvalue weighted by Crippen LogP contribution is 2.28. The van der Waals surface area contributed by atoms with Gasteiger partial charge in [0.1, 0.15) is 11.9 Å². The number of rotatable bonds is 2. The first kappa shape index (κ1) is 6.71. The molecule has 1 heteroatoms. The lowest BCUT2D eigenvalue weighted by molar-refractivity contribution is 0.196. The average molecular weight is 147 g/mol. The summed E-state index contributed by atoms with van der Waals surface area (Å²) in [5.41, 5.74) is 1.19. The topological polar surface area (TPSA) is 9.23 Å². The standard InChI is InChI=1S/C10H11O/c1-2-4-9-7-8-5-3-6-10(8)11-9/h3,5-6,10H,2,4H2,1H3. The van der Waals surface area contributed by atoms with E-state index in [0.717, 1.165) is 18.6 Å². The highest BCUT2D eigenvalue weighted by atomic mass is 16.5. The number of hydrogen-bond acceptors (Lipinski definition) is 1. The third-order valence-electron chi connectivity index (χ3n) is 1.90. The Balaban J connectivity index is 2.09. The lowest BCUT2D eigenvalue weighted by Gasteiger charge is -2.06. The van der Waals surface area contributed by atoms with Gasteiger partial charge in [-0.05, 0) is 12.5 Å². The SMILES string of the molecule is CCCC1=[C]C2=CC=CC2O1. The van der Waals surface area contributed by atoms with Gasteiger partial charge < -0.3 is 4.74 Å². The van der Waals surface area contributed by atoms with Crippen LogP contribution in [0.1, 0.15) is 19.8 Å². The fourth-order valence-corrected chi connectivity index (χ4v) is 1.37. The van der Waals surface area contributed by atoms with Crippen molar-refractivity contribution in [3.8, 4) is 0 Å². The van der Waals surface area contributed by atoms with Gasteiger partial charge in [0.2, 0.25) is 0 Å². The summed E-state index contributed by atoms with van der Waals surface area (Å²) in [6, 6.07) is 0. The van der Waals surface area contributed by atoms with E-state index >= 15 is 0 Å². The molecule has 0 amide bonds. The second-order valence-electron chi connectivity index (χ2n) is 2.84. The highest BCUT2D eigenvalue weighted by Gasteiger charge is 2.22. The lowest BCUT2D eigenvalue weighted by atomic mass is 10.2. The monoisotopic (exact) mass is 147 g/mol. The lowest BCUT2D eigenvalue weighted by Crippen LogP contribution is -2.00. The van der Waals surface area contributed by atoms with E-state index in [1.807, 2.05) is 6.08 Å². The second-order valence-corrected chi connectivity index (χ2v) is 2.84. The van der Waals surface area contributed by atoms with Gasteiger partial charge in [-0.3, -0.25) is 0 Å². The molecular formula is C10H11O. The average Bonchev–Trinajstić information content (AvgIpc) is 2.46. The van der Waals surface area contributed by atoms with Crippen LogP contribution in [0.25, 0.3) is 0 Å². The van der Waals surface area contributed by atoms with Gasteiger partial charge in [0.15, 0.2) is 0 Å². The third kappa shape index (κ3) is 1.11. The second kappa shape index (κ2) is 2.57. The van der Waals surface area contributed by atoms with Crippen molar-refractivity contribution in [2.45, 2.75) is 25.9 Å². The summed E-state index contributed by atoms with van der Waals surface area (Å²) < 4.78 is 5.58. The molecule has 2 aliphatic rings. The molecule has 0 fully saturated rings. The third-order valence-corrected chi connectivity index (χ3v) is 1.90. The van der Waals surface area contributed by atoms with Gasteiger partial charge in [-0.1, -0.05) is 19.1 Å². The Morgan fingerprint density at radius 2 is 2.55 bits per heavy atom. The molecule has 0 saturated carbocycles. The summed E-state index contributed by atoms with van der Waals surface area (Å²) in [7, 11) is 0. The minimum atomic E-state index is 0.191. The maximum Gasteiger partial charge on any atom is 0.143 e. The molecule has 0 N–H and O–H groups in total. The van der Waals surface area contributed by atoms with Crippen molar-refractivity contribution in [2.75, 3.05) is 0 Å². The van der Waals surface area contributed by atoms with E-state index in [-0.39, 0.29) is 6.10 Å². The van der Waals surface area contributed by atoms with Crippen molar-refractivity contribution in [1.82, 2.24) is 0 Å². The summed E-state index contributed by atoms with van der Waals surface area (Å²) >= 11 is 0. The predicted octanol–water partition coefficient (Wildman–Crippen LogP) is 2.37. The summed E-state index contributed by atoms with van der Waals surface area (Å²) in [6.45, 7) is 2.15. The zero-order valence-corrected chi connectivity index (χ0v) is 6.63. The van der Waals surface area contributed by atoms with Crippen molar-refractivity contribution >= 4 is 0 Å². The smallest absolute Gasteiger partial charge is 0.143 e. The molecule has 0 aromatic carbocycles. The van der Waals surface area contributed by atoms with Gasteiger partial charge in [0.25, 0.3) is 0 Å². The molecule has 1 radical (unpaired) electrons. The van der Waals surface area contributed by atoms with Crippen LogP contribution >= 0.6 is 0 Å². The quantitative estimate of drug-likeness (QED) is 0.582.